The fourth-order valence-corrected chi connectivity index (χ4v) is 2.08. The van der Waals surface area contributed by atoms with Crippen molar-refractivity contribution in [3.8, 4) is 0 Å². The molecule has 0 aliphatic carbocycles. The summed E-state index contributed by atoms with van der Waals surface area (Å²) in [7, 11) is 0. The smallest absolute Gasteiger partial charge is 0.358 e. The highest BCUT2D eigenvalue weighted by Gasteiger charge is 2.18. The van der Waals surface area contributed by atoms with Gasteiger partial charge in [0.25, 0.3) is 0 Å². The van der Waals surface area contributed by atoms with E-state index in [1.165, 1.54) is 16.0 Å². The molecule has 0 aromatic carbocycles. The lowest BCUT2D eigenvalue weighted by Crippen LogP contribution is -2.01. The van der Waals surface area contributed by atoms with Crippen LogP contribution < -0.4 is 0 Å². The Balaban J connectivity index is 2.23. The predicted octanol–water partition coefficient (Wildman–Crippen LogP) is 2.06. The first kappa shape index (κ1) is 10.2. The molecule has 0 saturated carbocycles. The van der Waals surface area contributed by atoms with Gasteiger partial charge in [0.1, 0.15) is 11.0 Å². The van der Waals surface area contributed by atoms with Gasteiger partial charge in [-0.1, -0.05) is 0 Å². The van der Waals surface area contributed by atoms with Gasteiger partial charge in [-0.25, -0.2) is 4.98 Å². The van der Waals surface area contributed by atoms with Crippen molar-refractivity contribution in [1.82, 2.24) is 14.8 Å². The minimum Gasteiger partial charge on any atom is -0.358 e. The number of rotatable bonds is 3. The molecular weight excluding hydrogens is 284 g/mol. The molecule has 0 fully saturated rings. The van der Waals surface area contributed by atoms with Crippen LogP contribution in [0.15, 0.2) is 21.6 Å². The highest BCUT2D eigenvalue weighted by atomic mass is 79.9. The van der Waals surface area contributed by atoms with Gasteiger partial charge < -0.3 is 10.1 Å². The van der Waals surface area contributed by atoms with Crippen LogP contribution in [0.5, 0.6) is 0 Å². The van der Waals surface area contributed by atoms with Crippen LogP contribution in [-0.4, -0.2) is 19.7 Å². The topological polar surface area (TPSA) is 73.8 Å². The first-order valence-corrected chi connectivity index (χ1v) is 5.65. The lowest BCUT2D eigenvalue weighted by Gasteiger charge is -1.90. The Bertz CT molecular complexity index is 481. The van der Waals surface area contributed by atoms with Gasteiger partial charge in [-0.05, 0) is 20.9 Å². The predicted molar refractivity (Wildman–Crippen MR) is 57.8 cm³/mol. The summed E-state index contributed by atoms with van der Waals surface area (Å²) in [6.45, 7) is 0.440. The second-order valence-electron chi connectivity index (χ2n) is 2.74. The number of halogens is 1. The van der Waals surface area contributed by atoms with Gasteiger partial charge in [-0.3, -0.25) is 0 Å². The number of hydrogen-bond donors (Lipinski definition) is 0. The minimum atomic E-state index is -0.526. The lowest BCUT2D eigenvalue weighted by molar-refractivity contribution is -0.390. The molecule has 78 valence electrons. The molecule has 2 heterocycles. The maximum atomic E-state index is 10.5. The molecule has 0 unspecified atom stereocenters. The number of hydrogen-bond acceptors (Lipinski definition) is 5. The van der Waals surface area contributed by atoms with Crippen LogP contribution in [0.1, 0.15) is 5.69 Å². The summed E-state index contributed by atoms with van der Waals surface area (Å²) in [6, 6.07) is 0. The van der Waals surface area contributed by atoms with Crippen LogP contribution in [0.4, 0.5) is 5.82 Å². The molecule has 0 radical (unpaired) electrons. The van der Waals surface area contributed by atoms with E-state index in [1.54, 1.807) is 11.7 Å². The van der Waals surface area contributed by atoms with Crippen LogP contribution in [0.25, 0.3) is 0 Å². The summed E-state index contributed by atoms with van der Waals surface area (Å²) < 4.78 is 1.86. The van der Waals surface area contributed by atoms with Crippen molar-refractivity contribution in [3.05, 3.63) is 37.4 Å². The van der Waals surface area contributed by atoms with E-state index in [-0.39, 0.29) is 5.82 Å². The number of nitrogens with zero attached hydrogens (tertiary/aromatic N) is 4. The van der Waals surface area contributed by atoms with E-state index in [2.05, 4.69) is 26.0 Å². The molecule has 0 aliphatic heterocycles. The van der Waals surface area contributed by atoms with E-state index in [1.807, 2.05) is 5.38 Å². The third-order valence-electron chi connectivity index (χ3n) is 1.68. The minimum absolute atomic E-state index is 0.176. The maximum absolute atomic E-state index is 10.5. The Kier molecular flexibility index (Phi) is 2.78. The molecular formula is C7H5BrN4O2S. The van der Waals surface area contributed by atoms with E-state index < -0.39 is 4.92 Å². The summed E-state index contributed by atoms with van der Waals surface area (Å²) in [5.41, 5.74) is 2.55. The Morgan fingerprint density at radius 2 is 2.47 bits per heavy atom. The highest BCUT2D eigenvalue weighted by molar-refractivity contribution is 9.10. The Morgan fingerprint density at radius 1 is 1.67 bits per heavy atom. The van der Waals surface area contributed by atoms with Crippen molar-refractivity contribution in [2.24, 2.45) is 0 Å². The van der Waals surface area contributed by atoms with Crippen molar-refractivity contribution in [2.75, 3.05) is 0 Å². The normalized spacial score (nSPS) is 10.5. The number of nitro groups is 1. The van der Waals surface area contributed by atoms with Gasteiger partial charge in [0.2, 0.25) is 0 Å². The Hall–Kier alpha value is -1.28. The molecule has 8 heteroatoms. The van der Waals surface area contributed by atoms with Crippen molar-refractivity contribution in [3.63, 3.8) is 0 Å². The molecule has 0 bridgehead atoms. The lowest BCUT2D eigenvalue weighted by atomic mass is 10.5. The molecule has 15 heavy (non-hydrogen) atoms. The standard InChI is InChI=1S/C7H5BrN4O2S/c8-6-2-11(10-7(6)12(13)14)1-5-3-15-4-9-5/h2-4H,1H2. The molecule has 0 saturated heterocycles. The summed E-state index contributed by atoms with van der Waals surface area (Å²) in [6.07, 6.45) is 1.57. The average molecular weight is 289 g/mol. The molecule has 0 spiro atoms. The quantitative estimate of drug-likeness (QED) is 0.640. The van der Waals surface area contributed by atoms with Crippen molar-refractivity contribution < 1.29 is 4.92 Å². The molecule has 6 nitrogen and oxygen atoms in total. The van der Waals surface area contributed by atoms with Crippen molar-refractivity contribution in [1.29, 1.82) is 0 Å². The number of thiazole rings is 1. The van der Waals surface area contributed by atoms with E-state index in [9.17, 15) is 10.1 Å². The van der Waals surface area contributed by atoms with E-state index >= 15 is 0 Å². The maximum Gasteiger partial charge on any atom is 0.404 e. The van der Waals surface area contributed by atoms with E-state index in [0.29, 0.717) is 11.0 Å². The summed E-state index contributed by atoms with van der Waals surface area (Å²) in [4.78, 5) is 14.1. The van der Waals surface area contributed by atoms with Gasteiger partial charge in [0, 0.05) is 5.38 Å². The van der Waals surface area contributed by atoms with E-state index in [0.717, 1.165) is 5.69 Å². The zero-order valence-electron chi connectivity index (χ0n) is 7.33. The first-order valence-electron chi connectivity index (χ1n) is 3.91. The van der Waals surface area contributed by atoms with Gasteiger partial charge in [-0.2, -0.15) is 4.68 Å². The third kappa shape index (κ3) is 2.21. The molecule has 0 atom stereocenters. The van der Waals surface area contributed by atoms with Gasteiger partial charge in [0.15, 0.2) is 0 Å². The summed E-state index contributed by atoms with van der Waals surface area (Å²) >= 11 is 4.56. The largest absolute Gasteiger partial charge is 0.404 e. The molecule has 0 aliphatic rings. The summed E-state index contributed by atoms with van der Waals surface area (Å²) in [5.74, 6) is -0.176. The van der Waals surface area contributed by atoms with Crippen LogP contribution in [-0.2, 0) is 6.54 Å². The molecule has 0 N–H and O–H groups in total. The third-order valence-corrected chi connectivity index (χ3v) is 2.87. The Morgan fingerprint density at radius 3 is 3.00 bits per heavy atom. The van der Waals surface area contributed by atoms with Gasteiger partial charge >= 0.3 is 5.82 Å². The van der Waals surface area contributed by atoms with Crippen LogP contribution in [0.2, 0.25) is 0 Å². The van der Waals surface area contributed by atoms with Crippen molar-refractivity contribution >= 4 is 33.1 Å². The SMILES string of the molecule is O=[N+]([O-])c1nn(Cc2cscn2)cc1Br. The Labute approximate surface area is 96.8 Å². The second kappa shape index (κ2) is 4.07. The van der Waals surface area contributed by atoms with Crippen LogP contribution >= 0.6 is 27.3 Å². The zero-order chi connectivity index (χ0) is 10.8. The van der Waals surface area contributed by atoms with Crippen molar-refractivity contribution in [2.45, 2.75) is 6.54 Å². The fraction of sp³-hybridized carbons (Fsp3) is 0.143. The molecule has 2 aromatic heterocycles. The number of aromatic nitrogens is 3. The molecule has 2 aromatic rings. The van der Waals surface area contributed by atoms with E-state index in [4.69, 9.17) is 0 Å². The second-order valence-corrected chi connectivity index (χ2v) is 4.31. The summed E-state index contributed by atoms with van der Waals surface area (Å²) in [5, 5.41) is 16.2. The zero-order valence-corrected chi connectivity index (χ0v) is 9.73. The molecule has 2 rings (SSSR count). The van der Waals surface area contributed by atoms with Gasteiger partial charge in [-0.15, -0.1) is 11.3 Å². The monoisotopic (exact) mass is 288 g/mol. The van der Waals surface area contributed by atoms with Gasteiger partial charge in [0.05, 0.1) is 22.5 Å². The average Bonchev–Trinajstić information content (AvgIpc) is 2.75. The first-order chi connectivity index (χ1) is 7.16. The fourth-order valence-electron chi connectivity index (χ4n) is 1.07. The van der Waals surface area contributed by atoms with Crippen LogP contribution in [0, 0.1) is 10.1 Å². The molecule has 0 amide bonds. The highest BCUT2D eigenvalue weighted by Crippen LogP contribution is 2.22. The van der Waals surface area contributed by atoms with Crippen LogP contribution in [0.3, 0.4) is 0 Å².